The highest BCUT2D eigenvalue weighted by atomic mass is 16.5. The summed E-state index contributed by atoms with van der Waals surface area (Å²) in [5.74, 6) is -1.03. The molecule has 2 rings (SSSR count). The van der Waals surface area contributed by atoms with Crippen LogP contribution >= 0.6 is 0 Å². The number of carbonyl (C=O) groups is 2. The monoisotopic (exact) mass is 235 g/mol. The number of rotatable bonds is 3. The maximum absolute atomic E-state index is 11.6. The van der Waals surface area contributed by atoms with Crippen molar-refractivity contribution in [1.82, 2.24) is 0 Å². The van der Waals surface area contributed by atoms with Gasteiger partial charge >= 0.3 is 5.97 Å². The SMILES string of the molecule is CCCC1Oc2c(cccc2C(=O)O)NC1=O. The molecular formula is C12H13NO4. The molecule has 2 N–H and O–H groups in total. The van der Waals surface area contributed by atoms with Crippen molar-refractivity contribution in [3.63, 3.8) is 0 Å². The lowest BCUT2D eigenvalue weighted by Gasteiger charge is -2.26. The average molecular weight is 235 g/mol. The zero-order valence-electron chi connectivity index (χ0n) is 9.40. The molecule has 0 fully saturated rings. The predicted octanol–water partition coefficient (Wildman–Crippen LogP) is 1.88. The summed E-state index contributed by atoms with van der Waals surface area (Å²) in [6, 6.07) is 4.66. The molecule has 1 amide bonds. The summed E-state index contributed by atoms with van der Waals surface area (Å²) in [7, 11) is 0. The molecule has 0 bridgehead atoms. The lowest BCUT2D eigenvalue weighted by atomic mass is 10.1. The maximum Gasteiger partial charge on any atom is 0.339 e. The van der Waals surface area contributed by atoms with E-state index < -0.39 is 12.1 Å². The minimum atomic E-state index is -1.06. The Balaban J connectivity index is 2.39. The van der Waals surface area contributed by atoms with Crippen LogP contribution in [-0.4, -0.2) is 23.1 Å². The molecule has 1 atom stereocenters. The first-order valence-corrected chi connectivity index (χ1v) is 5.47. The van der Waals surface area contributed by atoms with Crippen LogP contribution in [0.1, 0.15) is 30.1 Å². The van der Waals surface area contributed by atoms with Crippen LogP contribution in [0.5, 0.6) is 5.75 Å². The Morgan fingerprint density at radius 2 is 2.29 bits per heavy atom. The Labute approximate surface area is 98.4 Å². The number of ether oxygens (including phenoxy) is 1. The highest BCUT2D eigenvalue weighted by molar-refractivity contribution is 6.01. The van der Waals surface area contributed by atoms with Gasteiger partial charge in [0.05, 0.1) is 5.69 Å². The third-order valence-corrected chi connectivity index (χ3v) is 2.61. The van der Waals surface area contributed by atoms with Gasteiger partial charge in [0.25, 0.3) is 5.91 Å². The number of carbonyl (C=O) groups excluding carboxylic acids is 1. The van der Waals surface area contributed by atoms with E-state index in [-0.39, 0.29) is 17.2 Å². The van der Waals surface area contributed by atoms with E-state index in [1.54, 1.807) is 12.1 Å². The number of nitrogens with one attached hydrogen (secondary N) is 1. The Kier molecular flexibility index (Phi) is 2.99. The van der Waals surface area contributed by atoms with Crippen molar-refractivity contribution < 1.29 is 19.4 Å². The van der Waals surface area contributed by atoms with Crippen LogP contribution in [0.2, 0.25) is 0 Å². The van der Waals surface area contributed by atoms with Crippen molar-refractivity contribution in [2.45, 2.75) is 25.9 Å². The third-order valence-electron chi connectivity index (χ3n) is 2.61. The Hall–Kier alpha value is -2.04. The lowest BCUT2D eigenvalue weighted by molar-refractivity contribution is -0.123. The van der Waals surface area contributed by atoms with E-state index >= 15 is 0 Å². The number of hydrogen-bond donors (Lipinski definition) is 2. The molecule has 5 heteroatoms. The number of aromatic carboxylic acids is 1. The van der Waals surface area contributed by atoms with E-state index in [4.69, 9.17) is 9.84 Å². The molecule has 0 radical (unpaired) electrons. The molecule has 1 aromatic rings. The van der Waals surface area contributed by atoms with Gasteiger partial charge in [0.2, 0.25) is 0 Å². The fraction of sp³-hybridized carbons (Fsp3) is 0.333. The van der Waals surface area contributed by atoms with Crippen molar-refractivity contribution in [1.29, 1.82) is 0 Å². The molecule has 0 saturated heterocycles. The van der Waals surface area contributed by atoms with E-state index in [0.29, 0.717) is 12.1 Å². The first-order valence-electron chi connectivity index (χ1n) is 5.47. The Morgan fingerprint density at radius 1 is 1.53 bits per heavy atom. The van der Waals surface area contributed by atoms with Gasteiger partial charge in [-0.05, 0) is 18.6 Å². The van der Waals surface area contributed by atoms with Crippen LogP contribution in [0.4, 0.5) is 5.69 Å². The van der Waals surface area contributed by atoms with Crippen molar-refractivity contribution in [3.05, 3.63) is 23.8 Å². The van der Waals surface area contributed by atoms with Gasteiger partial charge in [-0.3, -0.25) is 4.79 Å². The number of hydrogen-bond acceptors (Lipinski definition) is 3. The molecule has 1 aliphatic rings. The second kappa shape index (κ2) is 4.45. The second-order valence-electron chi connectivity index (χ2n) is 3.87. The number of fused-ring (bicyclic) bond motifs is 1. The molecule has 0 saturated carbocycles. The average Bonchev–Trinajstić information content (AvgIpc) is 2.29. The van der Waals surface area contributed by atoms with Gasteiger partial charge in [-0.15, -0.1) is 0 Å². The first kappa shape index (κ1) is 11.4. The number of carboxylic acid groups (broad SMARTS) is 1. The van der Waals surface area contributed by atoms with E-state index in [2.05, 4.69) is 5.32 Å². The van der Waals surface area contributed by atoms with Gasteiger partial charge in [0.15, 0.2) is 11.9 Å². The maximum atomic E-state index is 11.6. The van der Waals surface area contributed by atoms with Gasteiger partial charge in [-0.2, -0.15) is 0 Å². The van der Waals surface area contributed by atoms with E-state index in [9.17, 15) is 9.59 Å². The summed E-state index contributed by atoms with van der Waals surface area (Å²) in [6.45, 7) is 1.94. The molecular weight excluding hydrogens is 222 g/mol. The summed E-state index contributed by atoms with van der Waals surface area (Å²) >= 11 is 0. The molecule has 5 nitrogen and oxygen atoms in total. The zero-order valence-corrected chi connectivity index (χ0v) is 9.40. The van der Waals surface area contributed by atoms with Crippen molar-refractivity contribution in [3.8, 4) is 5.75 Å². The normalized spacial score (nSPS) is 17.9. The summed E-state index contributed by atoms with van der Waals surface area (Å²) in [5.41, 5.74) is 0.492. The Bertz CT molecular complexity index is 470. The smallest absolute Gasteiger partial charge is 0.339 e. The van der Waals surface area contributed by atoms with Crippen LogP contribution < -0.4 is 10.1 Å². The van der Waals surface area contributed by atoms with Gasteiger partial charge in [0.1, 0.15) is 5.56 Å². The second-order valence-corrected chi connectivity index (χ2v) is 3.87. The molecule has 1 aromatic carbocycles. The van der Waals surface area contributed by atoms with Gasteiger partial charge in [0, 0.05) is 0 Å². The molecule has 17 heavy (non-hydrogen) atoms. The van der Waals surface area contributed by atoms with Crippen molar-refractivity contribution in [2.24, 2.45) is 0 Å². The molecule has 0 spiro atoms. The molecule has 0 aromatic heterocycles. The van der Waals surface area contributed by atoms with Crippen molar-refractivity contribution >= 4 is 17.6 Å². The van der Waals surface area contributed by atoms with Crippen LogP contribution in [0.15, 0.2) is 18.2 Å². The van der Waals surface area contributed by atoms with E-state index in [0.717, 1.165) is 6.42 Å². The van der Waals surface area contributed by atoms with Crippen LogP contribution in [0.25, 0.3) is 0 Å². The zero-order chi connectivity index (χ0) is 12.4. The van der Waals surface area contributed by atoms with Crippen LogP contribution in [-0.2, 0) is 4.79 Å². The highest BCUT2D eigenvalue weighted by Gasteiger charge is 2.29. The van der Waals surface area contributed by atoms with Crippen LogP contribution in [0.3, 0.4) is 0 Å². The summed E-state index contributed by atoms with van der Waals surface area (Å²) in [4.78, 5) is 22.7. The predicted molar refractivity (Wildman–Crippen MR) is 61.4 cm³/mol. The molecule has 1 heterocycles. The van der Waals surface area contributed by atoms with E-state index in [1.165, 1.54) is 6.07 Å². The fourth-order valence-corrected chi connectivity index (χ4v) is 1.79. The fourth-order valence-electron chi connectivity index (χ4n) is 1.79. The lowest BCUT2D eigenvalue weighted by Crippen LogP contribution is -2.37. The summed E-state index contributed by atoms with van der Waals surface area (Å²) in [6.07, 6.45) is 0.759. The highest BCUT2D eigenvalue weighted by Crippen LogP contribution is 2.34. The molecule has 1 unspecified atom stereocenters. The molecule has 1 aliphatic heterocycles. The largest absolute Gasteiger partial charge is 0.478 e. The Morgan fingerprint density at radius 3 is 2.94 bits per heavy atom. The standard InChI is InChI=1S/C12H13NO4/c1-2-4-9-11(14)13-8-6-3-5-7(12(15)16)10(8)17-9/h3,5-6,9H,2,4H2,1H3,(H,13,14)(H,15,16). The van der Waals surface area contributed by atoms with E-state index in [1.807, 2.05) is 6.92 Å². The first-order chi connectivity index (χ1) is 8.13. The number of para-hydroxylation sites is 1. The van der Waals surface area contributed by atoms with Crippen LogP contribution in [0, 0.1) is 0 Å². The van der Waals surface area contributed by atoms with Crippen molar-refractivity contribution in [2.75, 3.05) is 5.32 Å². The number of carboxylic acids is 1. The number of anilines is 1. The quantitative estimate of drug-likeness (QED) is 0.838. The van der Waals surface area contributed by atoms with Gasteiger partial charge in [-0.25, -0.2) is 4.79 Å². The van der Waals surface area contributed by atoms with Gasteiger partial charge < -0.3 is 15.2 Å². The number of amides is 1. The minimum absolute atomic E-state index is 0.0728. The summed E-state index contributed by atoms with van der Waals surface area (Å²) < 4.78 is 5.48. The van der Waals surface area contributed by atoms with Gasteiger partial charge in [-0.1, -0.05) is 19.4 Å². The minimum Gasteiger partial charge on any atom is -0.478 e. The summed E-state index contributed by atoms with van der Waals surface area (Å²) in [5, 5.41) is 11.7. The molecule has 90 valence electrons. The third kappa shape index (κ3) is 2.08. The topological polar surface area (TPSA) is 75.6 Å². The number of benzene rings is 1. The molecule has 0 aliphatic carbocycles.